The minimum absolute atomic E-state index is 0.269. The van der Waals surface area contributed by atoms with Crippen LogP contribution in [-0.4, -0.2) is 49.5 Å². The quantitative estimate of drug-likeness (QED) is 0.804. The van der Waals surface area contributed by atoms with Gasteiger partial charge >= 0.3 is 0 Å². The molecule has 2 saturated carbocycles. The highest BCUT2D eigenvalue weighted by Gasteiger charge is 2.61. The van der Waals surface area contributed by atoms with Gasteiger partial charge in [-0.1, -0.05) is 20.8 Å². The summed E-state index contributed by atoms with van der Waals surface area (Å²) in [5.74, 6) is 0.828. The van der Waals surface area contributed by atoms with Crippen LogP contribution in [0.5, 0.6) is 0 Å². The van der Waals surface area contributed by atoms with Gasteiger partial charge in [-0.25, -0.2) is 0 Å². The molecule has 3 heteroatoms. The van der Waals surface area contributed by atoms with Crippen LogP contribution >= 0.6 is 0 Å². The monoisotopic (exact) mass is 269 g/mol. The fraction of sp³-hybridized carbons (Fsp3) is 1.00. The van der Waals surface area contributed by atoms with Crippen molar-refractivity contribution in [3.63, 3.8) is 0 Å². The second-order valence-corrected chi connectivity index (χ2v) is 7.67. The smallest absolute Gasteiger partial charge is 0.0688 e. The fourth-order valence-electron chi connectivity index (χ4n) is 4.24. The van der Waals surface area contributed by atoms with Crippen LogP contribution in [0.1, 0.15) is 46.5 Å². The number of hydrogen-bond acceptors (Lipinski definition) is 3. The molecule has 0 heterocycles. The SMILES string of the molecule is CN(C)C[C@@H](O)CCO[C@@H]1C[C@H]2CC[C@]1(C)C2(C)C. The highest BCUT2D eigenvalue weighted by Crippen LogP contribution is 2.66. The zero-order valence-electron chi connectivity index (χ0n) is 13.3. The van der Waals surface area contributed by atoms with E-state index in [-0.39, 0.29) is 6.10 Å². The summed E-state index contributed by atoms with van der Waals surface area (Å²) in [6.45, 7) is 8.64. The fourth-order valence-corrected chi connectivity index (χ4v) is 4.24. The van der Waals surface area contributed by atoms with Crippen molar-refractivity contribution in [1.82, 2.24) is 4.90 Å². The third kappa shape index (κ3) is 2.70. The minimum atomic E-state index is -0.269. The first-order valence-electron chi connectivity index (χ1n) is 7.72. The highest BCUT2D eigenvalue weighted by atomic mass is 16.5. The largest absolute Gasteiger partial charge is 0.392 e. The van der Waals surface area contributed by atoms with E-state index in [2.05, 4.69) is 20.8 Å². The first-order chi connectivity index (χ1) is 8.77. The van der Waals surface area contributed by atoms with Gasteiger partial charge in [-0.3, -0.25) is 0 Å². The number of fused-ring (bicyclic) bond motifs is 2. The van der Waals surface area contributed by atoms with Crippen molar-refractivity contribution in [2.75, 3.05) is 27.2 Å². The summed E-state index contributed by atoms with van der Waals surface area (Å²) in [4.78, 5) is 2.02. The molecule has 0 aromatic carbocycles. The van der Waals surface area contributed by atoms with Crippen molar-refractivity contribution in [2.45, 2.75) is 58.7 Å². The molecular formula is C16H31NO2. The standard InChI is InChI=1S/C16H31NO2/c1-15(2)12-6-8-16(15,3)14(10-12)19-9-7-13(18)11-17(4)5/h12-14,18H,6-11H2,1-5H3/t12-,13+,14-,16+/m1/s1. The molecule has 4 atom stereocenters. The Bertz CT molecular complexity index is 316. The van der Waals surface area contributed by atoms with Crippen LogP contribution in [0.3, 0.4) is 0 Å². The van der Waals surface area contributed by atoms with Gasteiger partial charge in [0.25, 0.3) is 0 Å². The molecule has 2 bridgehead atoms. The van der Waals surface area contributed by atoms with E-state index < -0.39 is 0 Å². The second kappa shape index (κ2) is 5.34. The predicted molar refractivity (Wildman–Crippen MR) is 78.1 cm³/mol. The second-order valence-electron chi connectivity index (χ2n) is 7.67. The molecule has 0 radical (unpaired) electrons. The van der Waals surface area contributed by atoms with Crippen molar-refractivity contribution < 1.29 is 9.84 Å². The molecule has 0 aromatic heterocycles. The molecule has 0 unspecified atom stereocenters. The van der Waals surface area contributed by atoms with E-state index in [1.54, 1.807) is 0 Å². The van der Waals surface area contributed by atoms with Crippen LogP contribution in [-0.2, 0) is 4.74 Å². The lowest BCUT2D eigenvalue weighted by Gasteiger charge is -2.39. The number of nitrogens with zero attached hydrogens (tertiary/aromatic N) is 1. The summed E-state index contributed by atoms with van der Waals surface area (Å²) in [5.41, 5.74) is 0.754. The third-order valence-electron chi connectivity index (χ3n) is 6.06. The van der Waals surface area contributed by atoms with Crippen LogP contribution in [0, 0.1) is 16.7 Å². The lowest BCUT2D eigenvalue weighted by Crippen LogP contribution is -2.37. The van der Waals surface area contributed by atoms with Gasteiger partial charge in [0.15, 0.2) is 0 Å². The molecule has 0 saturated heterocycles. The van der Waals surface area contributed by atoms with Crippen molar-refractivity contribution in [3.05, 3.63) is 0 Å². The molecule has 0 aromatic rings. The number of rotatable bonds is 6. The zero-order valence-corrected chi connectivity index (χ0v) is 13.3. The lowest BCUT2D eigenvalue weighted by atomic mass is 9.70. The number of hydrogen-bond donors (Lipinski definition) is 1. The maximum Gasteiger partial charge on any atom is 0.0688 e. The molecule has 19 heavy (non-hydrogen) atoms. The summed E-state index contributed by atoms with van der Waals surface area (Å²) in [7, 11) is 3.98. The Morgan fingerprint density at radius 2 is 2.00 bits per heavy atom. The van der Waals surface area contributed by atoms with E-state index in [9.17, 15) is 5.11 Å². The molecule has 2 fully saturated rings. The normalized spacial score (nSPS) is 38.1. The molecule has 112 valence electrons. The van der Waals surface area contributed by atoms with Crippen molar-refractivity contribution in [3.8, 4) is 0 Å². The van der Waals surface area contributed by atoms with Crippen molar-refractivity contribution >= 4 is 0 Å². The molecule has 3 nitrogen and oxygen atoms in total. The maximum atomic E-state index is 9.87. The Morgan fingerprint density at radius 1 is 1.32 bits per heavy atom. The van der Waals surface area contributed by atoms with Gasteiger partial charge in [-0.05, 0) is 56.5 Å². The Labute approximate surface area is 118 Å². The Kier molecular flexibility index (Phi) is 4.29. The summed E-state index contributed by atoms with van der Waals surface area (Å²) in [6, 6.07) is 0. The predicted octanol–water partition coefficient (Wildman–Crippen LogP) is 2.53. The van der Waals surface area contributed by atoms with Crippen molar-refractivity contribution in [1.29, 1.82) is 0 Å². The van der Waals surface area contributed by atoms with Crippen LogP contribution in [0.2, 0.25) is 0 Å². The van der Waals surface area contributed by atoms with Crippen LogP contribution in [0.4, 0.5) is 0 Å². The van der Waals surface area contributed by atoms with E-state index >= 15 is 0 Å². The zero-order chi connectivity index (χ0) is 14.3. The maximum absolute atomic E-state index is 9.87. The molecule has 2 aliphatic rings. The molecule has 0 aliphatic heterocycles. The van der Waals surface area contributed by atoms with Gasteiger partial charge < -0.3 is 14.7 Å². The van der Waals surface area contributed by atoms with Crippen LogP contribution < -0.4 is 0 Å². The third-order valence-corrected chi connectivity index (χ3v) is 6.06. The van der Waals surface area contributed by atoms with E-state index in [0.29, 0.717) is 23.5 Å². The molecule has 0 amide bonds. The summed E-state index contributed by atoms with van der Waals surface area (Å²) in [5, 5.41) is 9.87. The van der Waals surface area contributed by atoms with Gasteiger partial charge in [0, 0.05) is 13.2 Å². The van der Waals surface area contributed by atoms with Gasteiger partial charge in [0.05, 0.1) is 12.2 Å². The topological polar surface area (TPSA) is 32.7 Å². The van der Waals surface area contributed by atoms with E-state index in [0.717, 1.165) is 18.9 Å². The van der Waals surface area contributed by atoms with Gasteiger partial charge in [-0.15, -0.1) is 0 Å². The van der Waals surface area contributed by atoms with E-state index in [1.807, 2.05) is 19.0 Å². The van der Waals surface area contributed by atoms with Gasteiger partial charge in [0.1, 0.15) is 0 Å². The lowest BCUT2D eigenvalue weighted by molar-refractivity contribution is -0.0557. The molecule has 1 N–H and O–H groups in total. The molecule has 0 spiro atoms. The average Bonchev–Trinajstić information content (AvgIpc) is 2.60. The van der Waals surface area contributed by atoms with Gasteiger partial charge in [-0.2, -0.15) is 0 Å². The average molecular weight is 269 g/mol. The van der Waals surface area contributed by atoms with E-state index in [4.69, 9.17) is 4.74 Å². The van der Waals surface area contributed by atoms with Crippen LogP contribution in [0.15, 0.2) is 0 Å². The molecule has 2 aliphatic carbocycles. The first kappa shape index (κ1) is 15.3. The minimum Gasteiger partial charge on any atom is -0.392 e. The highest BCUT2D eigenvalue weighted by molar-refractivity contribution is 5.11. The van der Waals surface area contributed by atoms with Gasteiger partial charge in [0.2, 0.25) is 0 Å². The molecular weight excluding hydrogens is 238 g/mol. The number of ether oxygens (including phenoxy) is 1. The number of likely N-dealkylation sites (N-methyl/N-ethyl adjacent to an activating group) is 1. The Balaban J connectivity index is 1.79. The first-order valence-corrected chi connectivity index (χ1v) is 7.72. The summed E-state index contributed by atoms with van der Waals surface area (Å²) >= 11 is 0. The number of aliphatic hydroxyl groups excluding tert-OH is 1. The van der Waals surface area contributed by atoms with Crippen molar-refractivity contribution in [2.24, 2.45) is 16.7 Å². The summed E-state index contributed by atoms with van der Waals surface area (Å²) in [6.07, 6.45) is 4.76. The Morgan fingerprint density at radius 3 is 2.47 bits per heavy atom. The van der Waals surface area contributed by atoms with E-state index in [1.165, 1.54) is 19.3 Å². The van der Waals surface area contributed by atoms with Crippen LogP contribution in [0.25, 0.3) is 0 Å². The molecule has 2 rings (SSSR count). The Hall–Kier alpha value is -0.120. The summed E-state index contributed by atoms with van der Waals surface area (Å²) < 4.78 is 6.15. The number of aliphatic hydroxyl groups is 1.